The lowest BCUT2D eigenvalue weighted by molar-refractivity contribution is 0.0377. The van der Waals surface area contributed by atoms with E-state index in [2.05, 4.69) is 44.6 Å². The van der Waals surface area contributed by atoms with E-state index in [1.54, 1.807) is 0 Å². The Bertz CT molecular complexity index is 660. The average molecular weight is 329 g/mol. The van der Waals surface area contributed by atoms with Crippen LogP contribution in [0.1, 0.15) is 12.0 Å². The van der Waals surface area contributed by atoms with Crippen molar-refractivity contribution in [2.24, 2.45) is 10.7 Å². The van der Waals surface area contributed by atoms with Crippen LogP contribution in [0.4, 0.5) is 0 Å². The third kappa shape index (κ3) is 4.72. The fraction of sp³-hybridized carbons (Fsp3) is 0.500. The van der Waals surface area contributed by atoms with Crippen molar-refractivity contribution < 1.29 is 4.74 Å². The fourth-order valence-corrected chi connectivity index (χ4v) is 3.04. The van der Waals surface area contributed by atoms with Crippen LogP contribution < -0.4 is 11.1 Å². The number of benzene rings is 1. The number of morpholine rings is 1. The molecule has 0 aliphatic carbocycles. The number of aromatic nitrogens is 1. The standard InChI is InChI=1S/C18H27N5O/c19-18(20-7-3-9-23-10-12-24-13-11-23)21-8-6-15-14-22-17-5-2-1-4-16(15)17/h1-2,4-5,14,22H,3,6-13H2,(H3,19,20,21). The summed E-state index contributed by atoms with van der Waals surface area (Å²) in [4.78, 5) is 10.1. The van der Waals surface area contributed by atoms with Crippen molar-refractivity contribution in [1.29, 1.82) is 0 Å². The Morgan fingerprint density at radius 1 is 1.29 bits per heavy atom. The minimum Gasteiger partial charge on any atom is -0.379 e. The van der Waals surface area contributed by atoms with Crippen LogP contribution in [-0.4, -0.2) is 61.8 Å². The molecule has 6 heteroatoms. The highest BCUT2D eigenvalue weighted by atomic mass is 16.5. The first kappa shape index (κ1) is 16.8. The molecule has 0 atom stereocenters. The van der Waals surface area contributed by atoms with Crippen LogP contribution in [0.3, 0.4) is 0 Å². The van der Waals surface area contributed by atoms with Gasteiger partial charge in [0.2, 0.25) is 0 Å². The van der Waals surface area contributed by atoms with Crippen molar-refractivity contribution in [1.82, 2.24) is 15.2 Å². The third-order valence-corrected chi connectivity index (χ3v) is 4.39. The first-order chi connectivity index (χ1) is 11.8. The SMILES string of the molecule is NC(=NCCCN1CCOCC1)NCCc1c[nH]c2ccccc12. The van der Waals surface area contributed by atoms with Gasteiger partial charge in [0.1, 0.15) is 0 Å². The molecule has 1 aromatic heterocycles. The molecule has 0 bridgehead atoms. The van der Waals surface area contributed by atoms with Gasteiger partial charge in [-0.05, 0) is 24.5 Å². The number of fused-ring (bicyclic) bond motifs is 1. The molecule has 4 N–H and O–H groups in total. The van der Waals surface area contributed by atoms with Gasteiger partial charge in [-0.1, -0.05) is 18.2 Å². The molecule has 0 spiro atoms. The number of nitrogens with one attached hydrogen (secondary N) is 2. The lowest BCUT2D eigenvalue weighted by Crippen LogP contribution is -2.37. The summed E-state index contributed by atoms with van der Waals surface area (Å²) in [5.74, 6) is 0.539. The van der Waals surface area contributed by atoms with E-state index in [-0.39, 0.29) is 0 Å². The van der Waals surface area contributed by atoms with E-state index in [1.807, 2.05) is 6.07 Å². The van der Waals surface area contributed by atoms with Gasteiger partial charge < -0.3 is 20.8 Å². The van der Waals surface area contributed by atoms with E-state index in [0.29, 0.717) is 5.96 Å². The Hall–Kier alpha value is -2.05. The quantitative estimate of drug-likeness (QED) is 0.407. The highest BCUT2D eigenvalue weighted by Crippen LogP contribution is 2.17. The minimum absolute atomic E-state index is 0.539. The topological polar surface area (TPSA) is 78.7 Å². The number of H-pyrrole nitrogens is 1. The van der Waals surface area contributed by atoms with Crippen LogP contribution in [-0.2, 0) is 11.2 Å². The van der Waals surface area contributed by atoms with Crippen molar-refractivity contribution in [2.75, 3.05) is 45.9 Å². The van der Waals surface area contributed by atoms with Crippen LogP contribution in [0.2, 0.25) is 0 Å². The number of nitrogens with two attached hydrogens (primary N) is 1. The van der Waals surface area contributed by atoms with E-state index in [1.165, 1.54) is 16.5 Å². The van der Waals surface area contributed by atoms with Gasteiger partial charge >= 0.3 is 0 Å². The Morgan fingerprint density at radius 2 is 2.12 bits per heavy atom. The zero-order valence-corrected chi connectivity index (χ0v) is 14.1. The van der Waals surface area contributed by atoms with E-state index in [0.717, 1.165) is 58.8 Å². The number of nitrogens with zero attached hydrogens (tertiary/aromatic N) is 2. The summed E-state index contributed by atoms with van der Waals surface area (Å²) >= 11 is 0. The maximum absolute atomic E-state index is 5.94. The van der Waals surface area contributed by atoms with Crippen LogP contribution >= 0.6 is 0 Å². The van der Waals surface area contributed by atoms with Crippen molar-refractivity contribution in [3.63, 3.8) is 0 Å². The first-order valence-corrected chi connectivity index (χ1v) is 8.72. The van der Waals surface area contributed by atoms with Gasteiger partial charge in [-0.2, -0.15) is 0 Å². The number of aromatic amines is 1. The third-order valence-electron chi connectivity index (χ3n) is 4.39. The molecule has 1 aromatic carbocycles. The number of para-hydroxylation sites is 1. The summed E-state index contributed by atoms with van der Waals surface area (Å²) in [7, 11) is 0. The summed E-state index contributed by atoms with van der Waals surface area (Å²) in [6, 6.07) is 8.35. The fourth-order valence-electron chi connectivity index (χ4n) is 3.04. The van der Waals surface area contributed by atoms with E-state index < -0.39 is 0 Å². The van der Waals surface area contributed by atoms with Crippen molar-refractivity contribution in [2.45, 2.75) is 12.8 Å². The van der Waals surface area contributed by atoms with Crippen molar-refractivity contribution in [3.8, 4) is 0 Å². The van der Waals surface area contributed by atoms with Crippen LogP contribution in [0.5, 0.6) is 0 Å². The molecule has 0 saturated carbocycles. The summed E-state index contributed by atoms with van der Waals surface area (Å²) in [6.45, 7) is 6.38. The van der Waals surface area contributed by atoms with Crippen LogP contribution in [0.15, 0.2) is 35.5 Å². The Morgan fingerprint density at radius 3 is 3.00 bits per heavy atom. The molecule has 2 heterocycles. The molecule has 1 aliphatic rings. The predicted octanol–water partition coefficient (Wildman–Crippen LogP) is 1.34. The van der Waals surface area contributed by atoms with E-state index >= 15 is 0 Å². The van der Waals surface area contributed by atoms with Gasteiger partial charge in [0, 0.05) is 49.8 Å². The molecule has 130 valence electrons. The summed E-state index contributed by atoms with van der Waals surface area (Å²) in [6.07, 6.45) is 4.03. The Labute approximate surface area is 143 Å². The lowest BCUT2D eigenvalue weighted by Gasteiger charge is -2.26. The number of guanidine groups is 1. The zero-order valence-electron chi connectivity index (χ0n) is 14.1. The molecule has 6 nitrogen and oxygen atoms in total. The molecular formula is C18H27N5O. The number of ether oxygens (including phenoxy) is 1. The van der Waals surface area contributed by atoms with Crippen LogP contribution in [0, 0.1) is 0 Å². The van der Waals surface area contributed by atoms with Gasteiger partial charge in [-0.25, -0.2) is 0 Å². The number of rotatable bonds is 7. The van der Waals surface area contributed by atoms with Gasteiger partial charge in [0.25, 0.3) is 0 Å². The second-order valence-electron chi connectivity index (χ2n) is 6.11. The minimum atomic E-state index is 0.539. The van der Waals surface area contributed by atoms with E-state index in [9.17, 15) is 0 Å². The summed E-state index contributed by atoms with van der Waals surface area (Å²) in [5, 5.41) is 4.48. The predicted molar refractivity (Wildman–Crippen MR) is 98.4 cm³/mol. The molecule has 3 rings (SSSR count). The molecular weight excluding hydrogens is 302 g/mol. The van der Waals surface area contributed by atoms with Gasteiger partial charge in [0.15, 0.2) is 5.96 Å². The largest absolute Gasteiger partial charge is 0.379 e. The van der Waals surface area contributed by atoms with Gasteiger partial charge in [-0.3, -0.25) is 9.89 Å². The molecule has 2 aromatic rings. The summed E-state index contributed by atoms with van der Waals surface area (Å²) < 4.78 is 5.34. The highest BCUT2D eigenvalue weighted by molar-refractivity contribution is 5.83. The van der Waals surface area contributed by atoms with E-state index in [4.69, 9.17) is 10.5 Å². The van der Waals surface area contributed by atoms with Crippen molar-refractivity contribution in [3.05, 3.63) is 36.0 Å². The number of aliphatic imine (C=N–C) groups is 1. The number of hydrogen-bond donors (Lipinski definition) is 3. The second-order valence-corrected chi connectivity index (χ2v) is 6.11. The Kier molecular flexibility index (Phi) is 6.09. The first-order valence-electron chi connectivity index (χ1n) is 8.72. The number of hydrogen-bond acceptors (Lipinski definition) is 3. The zero-order chi connectivity index (χ0) is 16.6. The van der Waals surface area contributed by atoms with Gasteiger partial charge in [0.05, 0.1) is 13.2 Å². The second kappa shape index (κ2) is 8.70. The summed E-state index contributed by atoms with van der Waals surface area (Å²) in [5.41, 5.74) is 8.42. The maximum Gasteiger partial charge on any atom is 0.188 e. The maximum atomic E-state index is 5.94. The normalized spacial score (nSPS) is 16.6. The molecule has 1 saturated heterocycles. The molecule has 0 amide bonds. The van der Waals surface area contributed by atoms with Crippen LogP contribution in [0.25, 0.3) is 10.9 Å². The Balaban J connectivity index is 1.35. The van der Waals surface area contributed by atoms with Gasteiger partial charge in [-0.15, -0.1) is 0 Å². The monoisotopic (exact) mass is 329 g/mol. The van der Waals surface area contributed by atoms with Crippen molar-refractivity contribution >= 4 is 16.9 Å². The lowest BCUT2D eigenvalue weighted by atomic mass is 10.1. The molecule has 0 radical (unpaired) electrons. The molecule has 1 fully saturated rings. The highest BCUT2D eigenvalue weighted by Gasteiger charge is 2.08. The molecule has 0 unspecified atom stereocenters. The molecule has 24 heavy (non-hydrogen) atoms. The smallest absolute Gasteiger partial charge is 0.188 e. The average Bonchev–Trinajstić information content (AvgIpc) is 3.03. The molecule has 1 aliphatic heterocycles.